The maximum Gasteiger partial charge on any atom is 0.225 e. The van der Waals surface area contributed by atoms with E-state index in [1.165, 1.54) is 11.6 Å². The summed E-state index contributed by atoms with van der Waals surface area (Å²) in [6.07, 6.45) is 14.5. The van der Waals surface area contributed by atoms with Crippen LogP contribution in [0.4, 0.5) is 10.2 Å². The van der Waals surface area contributed by atoms with Crippen molar-refractivity contribution in [2.24, 2.45) is 17.8 Å². The van der Waals surface area contributed by atoms with E-state index >= 15 is 0 Å². The average Bonchev–Trinajstić information content (AvgIpc) is 3.32. The molecule has 154 valence electrons. The first-order valence-electron chi connectivity index (χ1n) is 10.6. The minimum Gasteiger partial charge on any atom is -0.311 e. The van der Waals surface area contributed by atoms with Crippen molar-refractivity contribution in [3.05, 3.63) is 71.8 Å². The SMILES string of the molecule is C#Cc1ccc(NC(=O)C[C@@H]2CC3CC(c4ccnc5ccc(F)cc45)=C[C@@H]3C2)nc1. The van der Waals surface area contributed by atoms with Crippen LogP contribution in [-0.4, -0.2) is 15.9 Å². The quantitative estimate of drug-likeness (QED) is 0.600. The van der Waals surface area contributed by atoms with Gasteiger partial charge in [-0.3, -0.25) is 9.78 Å². The minimum atomic E-state index is -0.241. The lowest BCUT2D eigenvalue weighted by Gasteiger charge is -2.13. The highest BCUT2D eigenvalue weighted by atomic mass is 19.1. The summed E-state index contributed by atoms with van der Waals surface area (Å²) < 4.78 is 13.8. The van der Waals surface area contributed by atoms with Gasteiger partial charge in [-0.1, -0.05) is 12.0 Å². The summed E-state index contributed by atoms with van der Waals surface area (Å²) in [5, 5.41) is 3.74. The Balaban J connectivity index is 1.24. The lowest BCUT2D eigenvalue weighted by atomic mass is 9.94. The summed E-state index contributed by atoms with van der Waals surface area (Å²) >= 11 is 0. The van der Waals surface area contributed by atoms with Crippen LogP contribution in [0.1, 0.15) is 36.8 Å². The smallest absolute Gasteiger partial charge is 0.225 e. The zero-order valence-electron chi connectivity index (χ0n) is 17.0. The molecule has 1 amide bonds. The van der Waals surface area contributed by atoms with E-state index in [1.54, 1.807) is 36.7 Å². The predicted molar refractivity (Wildman–Crippen MR) is 119 cm³/mol. The molecule has 2 aliphatic carbocycles. The molecule has 2 aliphatic rings. The first-order valence-corrected chi connectivity index (χ1v) is 10.6. The van der Waals surface area contributed by atoms with Crippen molar-refractivity contribution in [2.45, 2.75) is 25.7 Å². The van der Waals surface area contributed by atoms with E-state index in [-0.39, 0.29) is 11.7 Å². The number of rotatable bonds is 4. The summed E-state index contributed by atoms with van der Waals surface area (Å²) in [7, 11) is 0. The van der Waals surface area contributed by atoms with Crippen molar-refractivity contribution < 1.29 is 9.18 Å². The standard InChI is InChI=1S/C26H22FN3O/c1-2-16-3-6-25(29-15-16)30-26(31)11-17-9-18-12-20(13-19(18)10-17)22-7-8-28-24-5-4-21(27)14-23(22)24/h1,3-8,12,14-15,17-19H,9-11,13H2,(H,29,30,31)/t17-,18-,19?/m0/s1. The molecule has 0 radical (unpaired) electrons. The van der Waals surface area contributed by atoms with Crippen LogP contribution in [0.3, 0.4) is 0 Å². The number of carbonyl (C=O) groups excluding carboxylic acids is 1. The van der Waals surface area contributed by atoms with Gasteiger partial charge in [-0.15, -0.1) is 6.42 Å². The molecule has 0 saturated heterocycles. The largest absolute Gasteiger partial charge is 0.311 e. The molecular formula is C26H22FN3O. The number of nitrogens with one attached hydrogen (secondary N) is 1. The fraction of sp³-hybridized carbons (Fsp3) is 0.269. The molecule has 0 bridgehead atoms. The fourth-order valence-electron chi connectivity index (χ4n) is 5.10. The highest BCUT2D eigenvalue weighted by Gasteiger charge is 2.38. The number of halogens is 1. The molecular weight excluding hydrogens is 389 g/mol. The van der Waals surface area contributed by atoms with Crippen LogP contribution >= 0.6 is 0 Å². The third-order valence-electron chi connectivity index (χ3n) is 6.47. The molecule has 0 aliphatic heterocycles. The molecule has 1 saturated carbocycles. The second-order valence-corrected chi connectivity index (χ2v) is 8.51. The highest BCUT2D eigenvalue weighted by molar-refractivity contribution is 5.92. The first kappa shape index (κ1) is 19.4. The number of aromatic nitrogens is 2. The van der Waals surface area contributed by atoms with Crippen LogP contribution in [0.5, 0.6) is 0 Å². The Morgan fingerprint density at radius 3 is 2.87 bits per heavy atom. The molecule has 1 fully saturated rings. The van der Waals surface area contributed by atoms with Gasteiger partial charge in [-0.2, -0.15) is 0 Å². The highest BCUT2D eigenvalue weighted by Crippen LogP contribution is 2.49. The lowest BCUT2D eigenvalue weighted by molar-refractivity contribution is -0.117. The number of allylic oxidation sites excluding steroid dienone is 2. The van der Waals surface area contributed by atoms with E-state index in [9.17, 15) is 9.18 Å². The monoisotopic (exact) mass is 411 g/mol. The van der Waals surface area contributed by atoms with Crippen LogP contribution in [0.15, 0.2) is 54.9 Å². The van der Waals surface area contributed by atoms with Crippen molar-refractivity contribution in [1.29, 1.82) is 0 Å². The summed E-state index contributed by atoms with van der Waals surface area (Å²) in [5.74, 6) is 4.17. The predicted octanol–water partition coefficient (Wildman–Crippen LogP) is 5.21. The van der Waals surface area contributed by atoms with E-state index in [1.807, 2.05) is 6.07 Å². The summed E-state index contributed by atoms with van der Waals surface area (Å²) in [6.45, 7) is 0. The Labute approximate surface area is 180 Å². The van der Waals surface area contributed by atoms with E-state index in [2.05, 4.69) is 27.3 Å². The molecule has 5 heteroatoms. The van der Waals surface area contributed by atoms with Gasteiger partial charge in [0.25, 0.3) is 0 Å². The van der Waals surface area contributed by atoms with E-state index in [4.69, 9.17) is 6.42 Å². The summed E-state index contributed by atoms with van der Waals surface area (Å²) in [6, 6.07) is 10.2. The third kappa shape index (κ3) is 3.94. The fourth-order valence-corrected chi connectivity index (χ4v) is 5.10. The van der Waals surface area contributed by atoms with Crippen molar-refractivity contribution in [3.63, 3.8) is 0 Å². The molecule has 1 aromatic carbocycles. The summed E-state index contributed by atoms with van der Waals surface area (Å²) in [5.41, 5.74) is 3.85. The van der Waals surface area contributed by atoms with E-state index < -0.39 is 0 Å². The maximum absolute atomic E-state index is 13.8. The molecule has 5 rings (SSSR count). The number of terminal acetylenes is 1. The van der Waals surface area contributed by atoms with Gasteiger partial charge in [-0.25, -0.2) is 9.37 Å². The van der Waals surface area contributed by atoms with Crippen LogP contribution in [-0.2, 0) is 4.79 Å². The van der Waals surface area contributed by atoms with Crippen molar-refractivity contribution in [2.75, 3.05) is 5.32 Å². The number of benzene rings is 1. The molecule has 3 aromatic rings. The number of amides is 1. The Morgan fingerprint density at radius 2 is 2.10 bits per heavy atom. The normalized spacial score (nSPS) is 22.1. The van der Waals surface area contributed by atoms with E-state index in [0.717, 1.165) is 35.7 Å². The number of fused-ring (bicyclic) bond motifs is 2. The van der Waals surface area contributed by atoms with Gasteiger partial charge in [0.1, 0.15) is 11.6 Å². The average molecular weight is 411 g/mol. The van der Waals surface area contributed by atoms with Crippen molar-refractivity contribution >= 4 is 28.2 Å². The lowest BCUT2D eigenvalue weighted by Crippen LogP contribution is -2.16. The Morgan fingerprint density at radius 1 is 1.19 bits per heavy atom. The topological polar surface area (TPSA) is 54.9 Å². The van der Waals surface area contributed by atoms with Crippen LogP contribution in [0.2, 0.25) is 0 Å². The number of anilines is 1. The number of hydrogen-bond acceptors (Lipinski definition) is 3. The van der Waals surface area contributed by atoms with Crippen molar-refractivity contribution in [1.82, 2.24) is 9.97 Å². The molecule has 31 heavy (non-hydrogen) atoms. The van der Waals surface area contributed by atoms with Crippen LogP contribution in [0, 0.1) is 35.9 Å². The van der Waals surface area contributed by atoms with Gasteiger partial charge >= 0.3 is 0 Å². The maximum atomic E-state index is 13.8. The van der Waals surface area contributed by atoms with Gasteiger partial charge in [0, 0.05) is 29.8 Å². The van der Waals surface area contributed by atoms with Crippen LogP contribution in [0.25, 0.3) is 16.5 Å². The molecule has 2 aromatic heterocycles. The minimum absolute atomic E-state index is 0.00858. The zero-order valence-corrected chi connectivity index (χ0v) is 17.0. The van der Waals surface area contributed by atoms with Gasteiger partial charge < -0.3 is 5.32 Å². The number of hydrogen-bond donors (Lipinski definition) is 1. The Bertz CT molecular complexity index is 1230. The third-order valence-corrected chi connectivity index (χ3v) is 6.47. The summed E-state index contributed by atoms with van der Waals surface area (Å²) in [4.78, 5) is 21.0. The second-order valence-electron chi connectivity index (χ2n) is 8.51. The van der Waals surface area contributed by atoms with Crippen LogP contribution < -0.4 is 5.32 Å². The number of nitrogens with zero attached hydrogens (tertiary/aromatic N) is 2. The molecule has 3 atom stereocenters. The Hall–Kier alpha value is -3.52. The molecule has 2 heterocycles. The molecule has 4 nitrogen and oxygen atoms in total. The molecule has 1 unspecified atom stereocenters. The van der Waals surface area contributed by atoms with Gasteiger partial charge in [0.05, 0.1) is 5.52 Å². The number of pyridine rings is 2. The van der Waals surface area contributed by atoms with E-state index in [0.29, 0.717) is 35.6 Å². The zero-order chi connectivity index (χ0) is 21.4. The molecule has 0 spiro atoms. The van der Waals surface area contributed by atoms with Gasteiger partial charge in [-0.05, 0) is 84.6 Å². The van der Waals surface area contributed by atoms with Gasteiger partial charge in [0.2, 0.25) is 5.91 Å². The number of carbonyl (C=O) groups is 1. The molecule has 1 N–H and O–H groups in total. The Kier molecular flexibility index (Phi) is 4.99. The second kappa shape index (κ2) is 7.96. The van der Waals surface area contributed by atoms with Gasteiger partial charge in [0.15, 0.2) is 0 Å². The van der Waals surface area contributed by atoms with Crippen molar-refractivity contribution in [3.8, 4) is 12.3 Å². The first-order chi connectivity index (χ1) is 15.1.